The van der Waals surface area contributed by atoms with E-state index < -0.39 is 19.8 Å². The number of carbonyl (C=O) groups is 1. The van der Waals surface area contributed by atoms with Gasteiger partial charge in [-0.25, -0.2) is 0 Å². The molecule has 1 aliphatic heterocycles. The van der Waals surface area contributed by atoms with Gasteiger partial charge >= 0.3 is 196 Å². The van der Waals surface area contributed by atoms with E-state index in [1.165, 1.54) is 20.3 Å². The van der Waals surface area contributed by atoms with Crippen LogP contribution in [0.3, 0.4) is 0 Å². The van der Waals surface area contributed by atoms with Gasteiger partial charge in [-0.2, -0.15) is 0 Å². The van der Waals surface area contributed by atoms with Crippen LogP contribution in [0.5, 0.6) is 11.8 Å². The number of ether oxygens (including phenoxy) is 3. The van der Waals surface area contributed by atoms with Crippen molar-refractivity contribution in [3.63, 3.8) is 0 Å². The van der Waals surface area contributed by atoms with Gasteiger partial charge in [-0.1, -0.05) is 0 Å². The summed E-state index contributed by atoms with van der Waals surface area (Å²) in [6.07, 6.45) is 0. The van der Waals surface area contributed by atoms with Crippen molar-refractivity contribution in [2.75, 3.05) is 27.4 Å². The first-order chi connectivity index (χ1) is 15.1. The number of rotatable bonds is 7. The molecule has 1 unspecified atom stereocenters. The number of esters is 1. The van der Waals surface area contributed by atoms with Gasteiger partial charge in [0.05, 0.1) is 0 Å². The molecule has 9 nitrogen and oxygen atoms in total. The predicted molar refractivity (Wildman–Crippen MR) is 122 cm³/mol. The molecule has 1 saturated heterocycles. The molecule has 0 radical (unpaired) electrons. The summed E-state index contributed by atoms with van der Waals surface area (Å²) >= 11 is 7.43. The monoisotopic (exact) mass is 504 g/mol. The van der Waals surface area contributed by atoms with Crippen molar-refractivity contribution in [2.45, 2.75) is 36.7 Å². The maximum atomic E-state index is 13.0. The van der Waals surface area contributed by atoms with Crippen molar-refractivity contribution in [3.05, 3.63) is 34.9 Å². The summed E-state index contributed by atoms with van der Waals surface area (Å²) in [5.74, 6) is -1.09. The fourth-order valence-electron chi connectivity index (χ4n) is 2.73. The summed E-state index contributed by atoms with van der Waals surface area (Å²) in [5.41, 5.74) is -0.113. The first kappa shape index (κ1) is 25.0. The molecule has 1 fully saturated rings. The number of benzene rings is 1. The van der Waals surface area contributed by atoms with E-state index in [4.69, 9.17) is 34.9 Å². The van der Waals surface area contributed by atoms with Crippen LogP contribution in [0.25, 0.3) is 0 Å². The van der Waals surface area contributed by atoms with Crippen LogP contribution in [-0.4, -0.2) is 54.1 Å². The van der Waals surface area contributed by atoms with Crippen LogP contribution in [0.4, 0.5) is 0 Å². The van der Waals surface area contributed by atoms with E-state index in [0.29, 0.717) is 35.0 Å². The Kier molecular flexibility index (Phi) is 7.85. The number of aromatic nitrogens is 2. The fraction of sp³-hybridized carbons (Fsp3) is 0.450. The molecule has 1 N–H and O–H groups in total. The third kappa shape index (κ3) is 5.81. The van der Waals surface area contributed by atoms with Gasteiger partial charge in [0.1, 0.15) is 0 Å². The summed E-state index contributed by atoms with van der Waals surface area (Å²) in [6.45, 7) is 6.07. The van der Waals surface area contributed by atoms with Crippen molar-refractivity contribution >= 4 is 37.3 Å². The molecule has 1 aromatic heterocycles. The van der Waals surface area contributed by atoms with Gasteiger partial charge in [0.15, 0.2) is 0 Å². The first-order valence-corrected chi connectivity index (χ1v) is 12.7. The van der Waals surface area contributed by atoms with Gasteiger partial charge in [0.25, 0.3) is 0 Å². The van der Waals surface area contributed by atoms with Crippen LogP contribution in [0.2, 0.25) is 5.02 Å². The topological polar surface area (TPSA) is 109 Å². The molecule has 1 aliphatic rings. The summed E-state index contributed by atoms with van der Waals surface area (Å²) in [7, 11) is -0.755. The Labute approximate surface area is 196 Å². The maximum absolute atomic E-state index is 13.0. The van der Waals surface area contributed by atoms with Crippen molar-refractivity contribution in [1.29, 1.82) is 0 Å². The molecule has 1 atom stereocenters. The van der Waals surface area contributed by atoms with Crippen molar-refractivity contribution in [2.24, 2.45) is 5.41 Å². The van der Waals surface area contributed by atoms with Crippen LogP contribution < -0.4 is 9.47 Å². The SMILES string of the molecule is COc1cc(OC)nc(Sc2cccc(Cl)c2C(=O)OC(C)[PH]2(O)OCC(C)(C)CO2)n1. The Balaban J connectivity index is 1.82. The molecule has 12 heteroatoms. The molecule has 176 valence electrons. The molecule has 32 heavy (non-hydrogen) atoms. The van der Waals surface area contributed by atoms with Gasteiger partial charge in [-0.15, -0.1) is 0 Å². The Morgan fingerprint density at radius 1 is 1.22 bits per heavy atom. The minimum absolute atomic E-state index is 0.116. The van der Waals surface area contributed by atoms with E-state index in [1.807, 2.05) is 13.8 Å². The molecule has 3 rings (SSSR count). The van der Waals surface area contributed by atoms with Gasteiger partial charge in [0, 0.05) is 0 Å². The number of carbonyl (C=O) groups excluding carboxylic acids is 1. The number of hydrogen-bond donors (Lipinski definition) is 1. The van der Waals surface area contributed by atoms with Gasteiger partial charge in [-0.3, -0.25) is 0 Å². The molecule has 0 aliphatic carbocycles. The van der Waals surface area contributed by atoms with Gasteiger partial charge in [-0.05, 0) is 0 Å². The number of hydrogen-bond acceptors (Lipinski definition) is 10. The standard InChI is InChI=1S/C20H26ClN2O7PS/c1-12(31(25)28-10-20(2,3)11-29-31)30-18(24)17-13(21)7-6-8-14(17)32-19-22-15(26-4)9-16(23-19)27-5/h6-9,12,25,31H,10-11H2,1-5H3. The molecule has 0 spiro atoms. The number of nitrogens with zero attached hydrogens (tertiary/aromatic N) is 2. The summed E-state index contributed by atoms with van der Waals surface area (Å²) in [5, 5.41) is 0.474. The van der Waals surface area contributed by atoms with Gasteiger partial charge < -0.3 is 0 Å². The molecular weight excluding hydrogens is 479 g/mol. The third-order valence-corrected chi connectivity index (χ3v) is 8.10. The number of methoxy groups -OCH3 is 2. The zero-order valence-electron chi connectivity index (χ0n) is 18.4. The van der Waals surface area contributed by atoms with Crippen LogP contribution in [0.15, 0.2) is 34.3 Å². The third-order valence-electron chi connectivity index (χ3n) is 4.59. The molecule has 0 saturated carbocycles. The molecule has 0 bridgehead atoms. The summed E-state index contributed by atoms with van der Waals surface area (Å²) in [4.78, 5) is 32.8. The van der Waals surface area contributed by atoms with Crippen LogP contribution in [-0.2, 0) is 13.8 Å². The van der Waals surface area contributed by atoms with E-state index >= 15 is 0 Å². The molecule has 0 amide bonds. The van der Waals surface area contributed by atoms with E-state index in [2.05, 4.69) is 9.97 Å². The normalized spacial score (nSPS) is 19.0. The van der Waals surface area contributed by atoms with E-state index in [1.54, 1.807) is 25.1 Å². The van der Waals surface area contributed by atoms with Crippen LogP contribution in [0.1, 0.15) is 31.1 Å². The summed E-state index contributed by atoms with van der Waals surface area (Å²) < 4.78 is 27.1. The second-order valence-corrected chi connectivity index (χ2v) is 11.9. The Morgan fingerprint density at radius 3 is 2.38 bits per heavy atom. The van der Waals surface area contributed by atoms with Crippen molar-refractivity contribution in [1.82, 2.24) is 9.97 Å². The second-order valence-electron chi connectivity index (χ2n) is 7.87. The van der Waals surface area contributed by atoms with E-state index in [9.17, 15) is 9.69 Å². The van der Waals surface area contributed by atoms with E-state index in [-0.39, 0.29) is 16.0 Å². The van der Waals surface area contributed by atoms with Crippen molar-refractivity contribution < 1.29 is 32.9 Å². The quantitative estimate of drug-likeness (QED) is 0.332. The zero-order valence-corrected chi connectivity index (χ0v) is 21.0. The average Bonchev–Trinajstić information content (AvgIpc) is 2.75. The average molecular weight is 505 g/mol. The van der Waals surface area contributed by atoms with E-state index in [0.717, 1.165) is 11.8 Å². The molecule has 2 heterocycles. The minimum atomic E-state index is -3.71. The predicted octanol–water partition coefficient (Wildman–Crippen LogP) is 4.36. The Hall–Kier alpha value is -1.68. The molecule has 1 aromatic carbocycles. The Morgan fingerprint density at radius 2 is 1.81 bits per heavy atom. The van der Waals surface area contributed by atoms with Crippen LogP contribution in [0, 0.1) is 5.41 Å². The fourth-order valence-corrected chi connectivity index (χ4v) is 5.96. The molecular formula is C20H26ClN2O7PS. The van der Waals surface area contributed by atoms with Gasteiger partial charge in [0.2, 0.25) is 0 Å². The number of halogens is 1. The second kappa shape index (κ2) is 10.1. The van der Waals surface area contributed by atoms with Crippen molar-refractivity contribution in [3.8, 4) is 11.8 Å². The first-order valence-electron chi connectivity index (χ1n) is 9.71. The zero-order chi connectivity index (χ0) is 23.5. The molecule has 2 aromatic rings. The van der Waals surface area contributed by atoms with Crippen LogP contribution >= 0.6 is 31.3 Å². The Bertz CT molecular complexity index is 962. The summed E-state index contributed by atoms with van der Waals surface area (Å²) in [6, 6.07) is 6.49.